The molecule has 2 aromatic carbocycles. The number of ketones is 1. The van der Waals surface area contributed by atoms with E-state index >= 15 is 0 Å². The zero-order valence-electron chi connectivity index (χ0n) is 19.6. The summed E-state index contributed by atoms with van der Waals surface area (Å²) >= 11 is 6.23. The molecule has 2 heterocycles. The van der Waals surface area contributed by atoms with Crippen molar-refractivity contribution in [1.82, 2.24) is 9.88 Å². The first-order chi connectivity index (χ1) is 16.7. The molecule has 1 aliphatic heterocycles. The minimum atomic E-state index is -0.667. The van der Waals surface area contributed by atoms with Crippen molar-refractivity contribution in [3.8, 4) is 17.2 Å². The number of nitrogens with zero attached hydrogens (tertiary/aromatic N) is 1. The minimum absolute atomic E-state index is 0.160. The summed E-state index contributed by atoms with van der Waals surface area (Å²) in [4.78, 5) is 37.1. The maximum Gasteiger partial charge on any atom is 0.308 e. The summed E-state index contributed by atoms with van der Waals surface area (Å²) in [5, 5.41) is 3.13. The second kappa shape index (κ2) is 10.2. The van der Waals surface area contributed by atoms with Gasteiger partial charge in [0.05, 0.1) is 12.5 Å². The molecule has 1 atom stereocenters. The summed E-state index contributed by atoms with van der Waals surface area (Å²) in [5.74, 6) is 0.0569. The van der Waals surface area contributed by atoms with Gasteiger partial charge < -0.3 is 24.1 Å². The number of hydrogen-bond acceptors (Lipinski definition) is 6. The quantitative estimate of drug-likeness (QED) is 0.365. The number of esters is 1. The number of amides is 1. The van der Waals surface area contributed by atoms with Gasteiger partial charge in [-0.25, -0.2) is 0 Å². The molecule has 4 rings (SSSR count). The van der Waals surface area contributed by atoms with Crippen LogP contribution in [0.4, 0.5) is 0 Å². The highest BCUT2D eigenvalue weighted by atomic mass is 35.5. The molecule has 0 fully saturated rings. The first kappa shape index (κ1) is 24.3. The van der Waals surface area contributed by atoms with E-state index in [1.165, 1.54) is 6.92 Å². The molecule has 0 spiro atoms. The number of fused-ring (bicyclic) bond motifs is 1. The Kier molecular flexibility index (Phi) is 7.12. The molecular weight excluding hydrogens is 472 g/mol. The van der Waals surface area contributed by atoms with E-state index in [4.69, 9.17) is 25.8 Å². The number of halogens is 1. The Balaban J connectivity index is 1.44. The zero-order valence-corrected chi connectivity index (χ0v) is 20.3. The van der Waals surface area contributed by atoms with Crippen molar-refractivity contribution in [2.24, 2.45) is 0 Å². The van der Waals surface area contributed by atoms with Gasteiger partial charge in [0.2, 0.25) is 18.5 Å². The average molecular weight is 497 g/mol. The molecule has 1 N–H and O–H groups in total. The Hall–Kier alpha value is -3.78. The van der Waals surface area contributed by atoms with Gasteiger partial charge in [-0.3, -0.25) is 14.4 Å². The van der Waals surface area contributed by atoms with Crippen LogP contribution in [0.15, 0.2) is 48.5 Å². The largest absolute Gasteiger partial charge is 0.457 e. The number of hydrogen-bond donors (Lipinski definition) is 1. The summed E-state index contributed by atoms with van der Waals surface area (Å²) in [5.41, 5.74) is 3.45. The molecule has 9 heteroatoms. The second-order valence-corrected chi connectivity index (χ2v) is 8.63. The minimum Gasteiger partial charge on any atom is -0.457 e. The lowest BCUT2D eigenvalue weighted by Crippen LogP contribution is -2.29. The molecule has 35 heavy (non-hydrogen) atoms. The van der Waals surface area contributed by atoms with Gasteiger partial charge in [-0.15, -0.1) is 0 Å². The Morgan fingerprint density at radius 3 is 2.57 bits per heavy atom. The summed E-state index contributed by atoms with van der Waals surface area (Å²) in [6, 6.07) is 13.6. The normalized spacial score (nSPS) is 12.8. The third-order valence-electron chi connectivity index (χ3n) is 5.74. The van der Waals surface area contributed by atoms with E-state index in [-0.39, 0.29) is 24.9 Å². The maximum absolute atomic E-state index is 12.9. The topological polar surface area (TPSA) is 95.9 Å². The van der Waals surface area contributed by atoms with Gasteiger partial charge in [0, 0.05) is 40.7 Å². The van der Waals surface area contributed by atoms with E-state index in [2.05, 4.69) is 5.32 Å². The fourth-order valence-electron chi connectivity index (χ4n) is 4.16. The van der Waals surface area contributed by atoms with Crippen molar-refractivity contribution in [3.63, 3.8) is 0 Å². The van der Waals surface area contributed by atoms with E-state index in [9.17, 15) is 14.4 Å². The van der Waals surface area contributed by atoms with Gasteiger partial charge in [0.25, 0.3) is 0 Å². The summed E-state index contributed by atoms with van der Waals surface area (Å²) < 4.78 is 18.0. The number of benzene rings is 2. The maximum atomic E-state index is 12.9. The van der Waals surface area contributed by atoms with E-state index in [0.29, 0.717) is 27.6 Å². The molecule has 0 radical (unpaired) electrons. The third-order valence-corrected chi connectivity index (χ3v) is 6.08. The number of rotatable bonds is 8. The third kappa shape index (κ3) is 5.33. The van der Waals surface area contributed by atoms with Crippen LogP contribution < -0.4 is 14.8 Å². The van der Waals surface area contributed by atoms with Gasteiger partial charge in [0.1, 0.15) is 0 Å². The Morgan fingerprint density at radius 2 is 1.83 bits per heavy atom. The van der Waals surface area contributed by atoms with Gasteiger partial charge in [-0.1, -0.05) is 29.8 Å². The first-order valence-corrected chi connectivity index (χ1v) is 11.4. The molecule has 0 saturated carbocycles. The monoisotopic (exact) mass is 496 g/mol. The van der Waals surface area contributed by atoms with Crippen LogP contribution in [-0.2, 0) is 14.3 Å². The van der Waals surface area contributed by atoms with E-state index in [1.807, 2.05) is 36.6 Å². The summed E-state index contributed by atoms with van der Waals surface area (Å²) in [6.45, 7) is 4.84. The average Bonchev–Trinajstić information content (AvgIpc) is 3.40. The fourth-order valence-corrected chi connectivity index (χ4v) is 4.43. The van der Waals surface area contributed by atoms with Gasteiger partial charge >= 0.3 is 5.97 Å². The Labute approximate surface area is 207 Å². The molecule has 1 amide bonds. The smallest absolute Gasteiger partial charge is 0.308 e. The van der Waals surface area contributed by atoms with Crippen LogP contribution in [0.5, 0.6) is 11.5 Å². The van der Waals surface area contributed by atoms with Crippen LogP contribution in [0.2, 0.25) is 5.02 Å². The lowest BCUT2D eigenvalue weighted by atomic mass is 10.0. The molecule has 1 aliphatic rings. The van der Waals surface area contributed by atoms with E-state index < -0.39 is 18.6 Å². The van der Waals surface area contributed by atoms with Gasteiger partial charge in [0.15, 0.2) is 18.1 Å². The number of aromatic nitrogens is 1. The van der Waals surface area contributed by atoms with E-state index in [0.717, 1.165) is 17.1 Å². The van der Waals surface area contributed by atoms with Crippen LogP contribution in [0, 0.1) is 13.8 Å². The van der Waals surface area contributed by atoms with Crippen molar-refractivity contribution in [3.05, 3.63) is 76.1 Å². The molecule has 0 aliphatic carbocycles. The molecular formula is C26H25ClN2O6. The zero-order chi connectivity index (χ0) is 25.1. The molecule has 0 bridgehead atoms. The van der Waals surface area contributed by atoms with Crippen LogP contribution >= 0.6 is 11.6 Å². The van der Waals surface area contributed by atoms with Crippen molar-refractivity contribution < 1.29 is 28.6 Å². The number of Topliss-reactive ketones (excluding diaryl/α,β-unsaturated/α-hetero) is 1. The first-order valence-electron chi connectivity index (χ1n) is 11.0. The predicted molar refractivity (Wildman–Crippen MR) is 129 cm³/mol. The lowest BCUT2D eigenvalue weighted by molar-refractivity contribution is -0.143. The molecule has 0 unspecified atom stereocenters. The number of nitrogens with one attached hydrogen (secondary N) is 1. The van der Waals surface area contributed by atoms with E-state index in [1.54, 1.807) is 30.3 Å². The lowest BCUT2D eigenvalue weighted by Gasteiger charge is -2.18. The number of aryl methyl sites for hydroxylation is 1. The van der Waals surface area contributed by atoms with Crippen molar-refractivity contribution in [2.75, 3.05) is 13.4 Å². The molecule has 182 valence electrons. The standard InChI is InChI=1S/C26H25ClN2O6/c1-15-10-20(16(2)29(15)18-8-9-24-25(11-18)35-14-34-24)23(31)13-33-26(32)12-22(28-17(3)30)19-6-4-5-7-21(19)27/h4-11,22H,12-14H2,1-3H3,(H,28,30)/t22-/m1/s1. The number of carbonyl (C=O) groups excluding carboxylic acids is 3. The summed E-state index contributed by atoms with van der Waals surface area (Å²) in [6.07, 6.45) is -0.160. The predicted octanol–water partition coefficient (Wildman–Crippen LogP) is 4.47. The number of carbonyl (C=O) groups is 3. The Morgan fingerprint density at radius 1 is 1.09 bits per heavy atom. The van der Waals surface area contributed by atoms with Crippen molar-refractivity contribution >= 4 is 29.3 Å². The van der Waals surface area contributed by atoms with Crippen LogP contribution in [-0.4, -0.2) is 35.6 Å². The summed E-state index contributed by atoms with van der Waals surface area (Å²) in [7, 11) is 0. The van der Waals surface area contributed by atoms with Crippen molar-refractivity contribution in [2.45, 2.75) is 33.2 Å². The molecule has 8 nitrogen and oxygen atoms in total. The Bertz CT molecular complexity index is 1300. The van der Waals surface area contributed by atoms with Gasteiger partial charge in [-0.05, 0) is 43.7 Å². The van der Waals surface area contributed by atoms with Crippen LogP contribution in [0.1, 0.15) is 46.7 Å². The highest BCUT2D eigenvalue weighted by Gasteiger charge is 2.23. The molecule has 3 aromatic rings. The number of ether oxygens (including phenoxy) is 3. The van der Waals surface area contributed by atoms with Crippen molar-refractivity contribution in [1.29, 1.82) is 0 Å². The SMILES string of the molecule is CC(=O)N[C@H](CC(=O)OCC(=O)c1cc(C)n(-c2ccc3c(c2)OCO3)c1C)c1ccccc1Cl. The highest BCUT2D eigenvalue weighted by molar-refractivity contribution is 6.31. The second-order valence-electron chi connectivity index (χ2n) is 8.22. The molecule has 0 saturated heterocycles. The highest BCUT2D eigenvalue weighted by Crippen LogP contribution is 2.35. The van der Waals surface area contributed by atoms with Crippen LogP contribution in [0.25, 0.3) is 5.69 Å². The van der Waals surface area contributed by atoms with Gasteiger partial charge in [-0.2, -0.15) is 0 Å². The molecule has 1 aromatic heterocycles. The van der Waals surface area contributed by atoms with Crippen LogP contribution in [0.3, 0.4) is 0 Å². The fraction of sp³-hybridized carbons (Fsp3) is 0.269.